The van der Waals surface area contributed by atoms with Crippen molar-refractivity contribution in [3.05, 3.63) is 64.4 Å². The van der Waals surface area contributed by atoms with E-state index in [-0.39, 0.29) is 11.0 Å². The average Bonchev–Trinajstić information content (AvgIpc) is 2.66. The summed E-state index contributed by atoms with van der Waals surface area (Å²) >= 11 is 0. The summed E-state index contributed by atoms with van der Waals surface area (Å²) in [5.41, 5.74) is 1.08. The minimum Gasteiger partial charge on any atom is -0.494 e. The van der Waals surface area contributed by atoms with Gasteiger partial charge in [-0.05, 0) is 56.3 Å². The van der Waals surface area contributed by atoms with E-state index in [0.29, 0.717) is 30.0 Å². The van der Waals surface area contributed by atoms with E-state index in [9.17, 15) is 9.59 Å². The fourth-order valence-corrected chi connectivity index (χ4v) is 2.89. The van der Waals surface area contributed by atoms with Crippen LogP contribution in [0.2, 0.25) is 0 Å². The molecule has 0 radical (unpaired) electrons. The maximum atomic E-state index is 12.9. The maximum absolute atomic E-state index is 12.9. The van der Waals surface area contributed by atoms with E-state index >= 15 is 0 Å². The lowest BCUT2D eigenvalue weighted by molar-refractivity contribution is 0.102. The molecular formula is C21H22N2O4. The van der Waals surface area contributed by atoms with Gasteiger partial charge in [-0.3, -0.25) is 9.59 Å². The molecule has 0 aliphatic rings. The van der Waals surface area contributed by atoms with E-state index in [4.69, 9.17) is 9.47 Å². The lowest BCUT2D eigenvalue weighted by Gasteiger charge is -2.11. The third kappa shape index (κ3) is 3.95. The molecule has 3 aromatic rings. The Hall–Kier alpha value is -3.28. The molecule has 1 N–H and O–H groups in total. The normalized spacial score (nSPS) is 10.6. The van der Waals surface area contributed by atoms with Gasteiger partial charge >= 0.3 is 0 Å². The number of hydrogen-bond acceptors (Lipinski definition) is 4. The minimum atomic E-state index is -0.455. The Bertz CT molecular complexity index is 1020. The van der Waals surface area contributed by atoms with Crippen LogP contribution < -0.4 is 20.2 Å². The number of aromatic nitrogens is 1. The lowest BCUT2D eigenvalue weighted by Crippen LogP contribution is -2.23. The zero-order valence-electron chi connectivity index (χ0n) is 15.6. The molecule has 0 aliphatic heterocycles. The van der Waals surface area contributed by atoms with Crippen molar-refractivity contribution >= 4 is 22.5 Å². The number of ether oxygens (including phenoxy) is 2. The molecule has 0 bridgehead atoms. The number of carbonyl (C=O) groups excluding carboxylic acids is 1. The predicted molar refractivity (Wildman–Crippen MR) is 106 cm³/mol. The van der Waals surface area contributed by atoms with Crippen molar-refractivity contribution in [1.29, 1.82) is 0 Å². The number of aryl methyl sites for hydroxylation is 1. The molecular weight excluding hydrogens is 344 g/mol. The molecule has 140 valence electrons. The van der Waals surface area contributed by atoms with Gasteiger partial charge < -0.3 is 19.4 Å². The fraction of sp³-hybridized carbons (Fsp3) is 0.238. The minimum absolute atomic E-state index is 0.0764. The Morgan fingerprint density at radius 2 is 1.63 bits per heavy atom. The molecule has 1 aromatic heterocycles. The van der Waals surface area contributed by atoms with Crippen molar-refractivity contribution in [3.8, 4) is 11.5 Å². The molecule has 1 amide bonds. The molecule has 6 heteroatoms. The summed E-state index contributed by atoms with van der Waals surface area (Å²) in [4.78, 5) is 25.5. The third-order valence-electron chi connectivity index (χ3n) is 4.14. The van der Waals surface area contributed by atoms with Crippen LogP contribution in [0.3, 0.4) is 0 Å². The largest absolute Gasteiger partial charge is 0.494 e. The Morgan fingerprint density at radius 1 is 1.00 bits per heavy atom. The number of anilines is 1. The summed E-state index contributed by atoms with van der Waals surface area (Å²) in [6.45, 7) is 4.86. The van der Waals surface area contributed by atoms with E-state index in [1.54, 1.807) is 48.1 Å². The number of nitrogens with one attached hydrogen (secondary N) is 1. The molecule has 0 unspecified atom stereocenters. The van der Waals surface area contributed by atoms with Gasteiger partial charge in [-0.2, -0.15) is 0 Å². The van der Waals surface area contributed by atoms with Gasteiger partial charge in [0, 0.05) is 18.9 Å². The quantitative estimate of drug-likeness (QED) is 0.724. The van der Waals surface area contributed by atoms with Crippen LogP contribution in [0.5, 0.6) is 11.5 Å². The van der Waals surface area contributed by atoms with Gasteiger partial charge in [-0.1, -0.05) is 0 Å². The zero-order chi connectivity index (χ0) is 19.4. The number of nitrogens with zero attached hydrogens (tertiary/aromatic N) is 1. The van der Waals surface area contributed by atoms with Crippen molar-refractivity contribution in [3.63, 3.8) is 0 Å². The summed E-state index contributed by atoms with van der Waals surface area (Å²) in [5, 5.41) is 3.21. The summed E-state index contributed by atoms with van der Waals surface area (Å²) in [5.74, 6) is 0.871. The maximum Gasteiger partial charge on any atom is 0.261 e. The zero-order valence-corrected chi connectivity index (χ0v) is 15.6. The third-order valence-corrected chi connectivity index (χ3v) is 4.14. The topological polar surface area (TPSA) is 69.6 Å². The van der Waals surface area contributed by atoms with E-state index < -0.39 is 5.91 Å². The molecule has 0 fully saturated rings. The smallest absolute Gasteiger partial charge is 0.261 e. The van der Waals surface area contributed by atoms with Crippen molar-refractivity contribution in [2.75, 3.05) is 18.5 Å². The summed E-state index contributed by atoms with van der Waals surface area (Å²) < 4.78 is 12.6. The number of hydrogen-bond donors (Lipinski definition) is 1. The Balaban J connectivity index is 1.94. The van der Waals surface area contributed by atoms with Crippen molar-refractivity contribution in [1.82, 2.24) is 4.57 Å². The van der Waals surface area contributed by atoms with Gasteiger partial charge in [0.15, 0.2) is 0 Å². The van der Waals surface area contributed by atoms with Crippen LogP contribution in [-0.2, 0) is 7.05 Å². The summed E-state index contributed by atoms with van der Waals surface area (Å²) in [6.07, 6.45) is 1.55. The van der Waals surface area contributed by atoms with Crippen LogP contribution in [0.15, 0.2) is 53.5 Å². The summed E-state index contributed by atoms with van der Waals surface area (Å²) in [6, 6.07) is 12.3. The Labute approximate surface area is 157 Å². The van der Waals surface area contributed by atoms with Gasteiger partial charge in [0.2, 0.25) is 5.43 Å². The monoisotopic (exact) mass is 366 g/mol. The fourth-order valence-electron chi connectivity index (χ4n) is 2.89. The predicted octanol–water partition coefficient (Wildman–Crippen LogP) is 3.59. The number of benzene rings is 2. The number of rotatable bonds is 6. The molecule has 1 heterocycles. The molecule has 0 saturated heterocycles. The molecule has 0 saturated carbocycles. The SMILES string of the molecule is CCOc1ccc(NC(=O)c2cn(C)c3ccc(OCC)cc3c2=O)cc1. The van der Waals surface area contributed by atoms with Gasteiger partial charge in [0.05, 0.1) is 24.1 Å². The van der Waals surface area contributed by atoms with Crippen LogP contribution in [0.1, 0.15) is 24.2 Å². The van der Waals surface area contributed by atoms with Crippen molar-refractivity contribution in [2.24, 2.45) is 7.05 Å². The van der Waals surface area contributed by atoms with Gasteiger partial charge in [-0.25, -0.2) is 0 Å². The summed E-state index contributed by atoms with van der Waals surface area (Å²) in [7, 11) is 1.80. The first-order chi connectivity index (χ1) is 13.0. The van der Waals surface area contributed by atoms with Crippen LogP contribution in [-0.4, -0.2) is 23.7 Å². The van der Waals surface area contributed by atoms with E-state index in [2.05, 4.69) is 5.32 Å². The molecule has 6 nitrogen and oxygen atoms in total. The lowest BCUT2D eigenvalue weighted by atomic mass is 10.1. The molecule has 0 spiro atoms. The van der Waals surface area contributed by atoms with E-state index in [0.717, 1.165) is 11.3 Å². The van der Waals surface area contributed by atoms with Gasteiger partial charge in [-0.15, -0.1) is 0 Å². The molecule has 3 rings (SSSR count). The first kappa shape index (κ1) is 18.5. The Kier molecular flexibility index (Phi) is 5.45. The van der Waals surface area contributed by atoms with Crippen LogP contribution in [0.4, 0.5) is 5.69 Å². The molecule has 0 atom stereocenters. The van der Waals surface area contributed by atoms with Crippen LogP contribution in [0.25, 0.3) is 10.9 Å². The molecule has 0 aliphatic carbocycles. The van der Waals surface area contributed by atoms with Crippen LogP contribution >= 0.6 is 0 Å². The first-order valence-corrected chi connectivity index (χ1v) is 8.84. The number of amides is 1. The number of fused-ring (bicyclic) bond motifs is 1. The second-order valence-electron chi connectivity index (χ2n) is 6.01. The number of carbonyl (C=O) groups is 1. The van der Waals surface area contributed by atoms with Gasteiger partial charge in [0.1, 0.15) is 17.1 Å². The highest BCUT2D eigenvalue weighted by Crippen LogP contribution is 2.20. The van der Waals surface area contributed by atoms with E-state index in [1.807, 2.05) is 26.0 Å². The second-order valence-corrected chi connectivity index (χ2v) is 6.01. The molecule has 2 aromatic carbocycles. The second kappa shape index (κ2) is 7.95. The Morgan fingerprint density at radius 3 is 2.30 bits per heavy atom. The average molecular weight is 366 g/mol. The highest BCUT2D eigenvalue weighted by atomic mass is 16.5. The van der Waals surface area contributed by atoms with Crippen molar-refractivity contribution in [2.45, 2.75) is 13.8 Å². The first-order valence-electron chi connectivity index (χ1n) is 8.84. The standard InChI is InChI=1S/C21H22N2O4/c1-4-26-15-8-6-14(7-9-15)22-21(25)18-13-23(3)19-11-10-16(27-5-2)12-17(19)20(18)24/h6-13H,4-5H2,1-3H3,(H,22,25). The van der Waals surface area contributed by atoms with Gasteiger partial charge in [0.25, 0.3) is 5.91 Å². The highest BCUT2D eigenvalue weighted by Gasteiger charge is 2.15. The highest BCUT2D eigenvalue weighted by molar-refractivity contribution is 6.05. The van der Waals surface area contributed by atoms with Crippen molar-refractivity contribution < 1.29 is 14.3 Å². The van der Waals surface area contributed by atoms with E-state index in [1.165, 1.54) is 0 Å². The van der Waals surface area contributed by atoms with Crippen LogP contribution in [0, 0.1) is 0 Å². The molecule has 27 heavy (non-hydrogen) atoms. The number of pyridine rings is 1.